The first-order valence-corrected chi connectivity index (χ1v) is 5.54. The van der Waals surface area contributed by atoms with Gasteiger partial charge in [-0.05, 0) is 34.1 Å². The number of nitrogens with zero attached hydrogens (tertiary/aromatic N) is 2. The Hall–Kier alpha value is -1.89. The lowest BCUT2D eigenvalue weighted by Gasteiger charge is -2.05. The molecule has 0 aliphatic rings. The first kappa shape index (κ1) is 11.6. The third-order valence-corrected chi connectivity index (χ3v) is 2.74. The number of halogens is 1. The number of rotatable bonds is 3. The summed E-state index contributed by atoms with van der Waals surface area (Å²) in [5.41, 5.74) is 6.61. The van der Waals surface area contributed by atoms with Gasteiger partial charge in [-0.2, -0.15) is 4.98 Å². The number of nitrogens with one attached hydrogen (secondary N) is 1. The van der Waals surface area contributed by atoms with Crippen LogP contribution in [0, 0.1) is 0 Å². The molecular weight excluding hydrogens is 288 g/mol. The molecule has 6 nitrogen and oxygen atoms in total. The van der Waals surface area contributed by atoms with Crippen molar-refractivity contribution < 1.29 is 9.32 Å². The Morgan fingerprint density at radius 1 is 1.53 bits per heavy atom. The number of aromatic nitrogens is 2. The molecule has 0 atom stereocenters. The normalized spacial score (nSPS) is 10.2. The van der Waals surface area contributed by atoms with Crippen molar-refractivity contribution in [3.8, 4) is 0 Å². The first-order chi connectivity index (χ1) is 8.16. The molecule has 88 valence electrons. The molecule has 0 saturated heterocycles. The molecule has 1 aromatic carbocycles. The van der Waals surface area contributed by atoms with Crippen molar-refractivity contribution in [3.05, 3.63) is 40.5 Å². The zero-order valence-corrected chi connectivity index (χ0v) is 10.3. The highest BCUT2D eigenvalue weighted by molar-refractivity contribution is 9.10. The van der Waals surface area contributed by atoms with Gasteiger partial charge in [0.05, 0.1) is 12.1 Å². The Balaban J connectivity index is 2.07. The third kappa shape index (κ3) is 2.82. The number of carbonyl (C=O) groups is 1. The highest BCUT2D eigenvalue weighted by Crippen LogP contribution is 2.19. The van der Waals surface area contributed by atoms with Gasteiger partial charge in [-0.25, -0.2) is 0 Å². The van der Waals surface area contributed by atoms with Gasteiger partial charge in [0.25, 0.3) is 5.91 Å². The quantitative estimate of drug-likeness (QED) is 0.834. The highest BCUT2D eigenvalue weighted by Gasteiger charge is 2.10. The minimum absolute atomic E-state index is 0.205. The molecule has 0 unspecified atom stereocenters. The van der Waals surface area contributed by atoms with Crippen LogP contribution in [0.15, 0.2) is 33.6 Å². The van der Waals surface area contributed by atoms with Gasteiger partial charge in [0.2, 0.25) is 6.39 Å². The average Bonchev–Trinajstić information content (AvgIpc) is 2.82. The van der Waals surface area contributed by atoms with Crippen molar-refractivity contribution in [3.63, 3.8) is 0 Å². The van der Waals surface area contributed by atoms with Gasteiger partial charge in [-0.15, -0.1) is 0 Å². The number of amides is 1. The van der Waals surface area contributed by atoms with E-state index in [4.69, 9.17) is 5.73 Å². The molecule has 0 radical (unpaired) electrons. The van der Waals surface area contributed by atoms with Gasteiger partial charge in [0.1, 0.15) is 0 Å². The maximum atomic E-state index is 11.8. The van der Waals surface area contributed by atoms with E-state index in [1.165, 1.54) is 6.39 Å². The van der Waals surface area contributed by atoms with Crippen LogP contribution in [-0.4, -0.2) is 16.0 Å². The molecule has 17 heavy (non-hydrogen) atoms. The summed E-state index contributed by atoms with van der Waals surface area (Å²) in [6, 6.07) is 5.02. The van der Waals surface area contributed by atoms with Crippen molar-refractivity contribution in [2.24, 2.45) is 0 Å². The van der Waals surface area contributed by atoms with Crippen LogP contribution in [0.25, 0.3) is 0 Å². The second kappa shape index (κ2) is 4.96. The van der Waals surface area contributed by atoms with Crippen LogP contribution in [0.1, 0.15) is 16.2 Å². The molecule has 7 heteroatoms. The summed E-state index contributed by atoms with van der Waals surface area (Å²) in [6.45, 7) is 0.205. The van der Waals surface area contributed by atoms with Gasteiger partial charge in [0.15, 0.2) is 5.82 Å². The van der Waals surface area contributed by atoms with E-state index in [0.29, 0.717) is 21.5 Å². The second-order valence-corrected chi connectivity index (χ2v) is 4.12. The first-order valence-electron chi connectivity index (χ1n) is 4.75. The van der Waals surface area contributed by atoms with Crippen molar-refractivity contribution >= 4 is 27.5 Å². The molecule has 1 heterocycles. The second-order valence-electron chi connectivity index (χ2n) is 3.27. The summed E-state index contributed by atoms with van der Waals surface area (Å²) < 4.78 is 5.23. The van der Waals surface area contributed by atoms with Crippen LogP contribution in [0.4, 0.5) is 5.69 Å². The SMILES string of the molecule is Nc1ccc(Br)c(C(=O)NCc2ncon2)c1. The topological polar surface area (TPSA) is 94.0 Å². The summed E-state index contributed by atoms with van der Waals surface area (Å²) >= 11 is 3.28. The smallest absolute Gasteiger partial charge is 0.252 e. The van der Waals surface area contributed by atoms with Gasteiger partial charge >= 0.3 is 0 Å². The van der Waals surface area contributed by atoms with Crippen LogP contribution in [-0.2, 0) is 6.54 Å². The lowest BCUT2D eigenvalue weighted by atomic mass is 10.2. The number of nitrogens with two attached hydrogens (primary N) is 1. The Bertz CT molecular complexity index is 527. The number of hydrogen-bond acceptors (Lipinski definition) is 5. The maximum absolute atomic E-state index is 11.8. The van der Waals surface area contributed by atoms with E-state index >= 15 is 0 Å². The van der Waals surface area contributed by atoms with E-state index in [1.54, 1.807) is 18.2 Å². The van der Waals surface area contributed by atoms with Gasteiger partial charge in [0, 0.05) is 10.2 Å². The lowest BCUT2D eigenvalue weighted by molar-refractivity contribution is 0.0949. The predicted octanol–water partition coefficient (Wildman–Crippen LogP) is 1.34. The van der Waals surface area contributed by atoms with Crippen molar-refractivity contribution in [2.75, 3.05) is 5.73 Å². The van der Waals surface area contributed by atoms with Crippen molar-refractivity contribution in [1.29, 1.82) is 0 Å². The lowest BCUT2D eigenvalue weighted by Crippen LogP contribution is -2.23. The van der Waals surface area contributed by atoms with Crippen LogP contribution < -0.4 is 11.1 Å². The molecule has 0 aliphatic carbocycles. The molecule has 1 amide bonds. The van der Waals surface area contributed by atoms with Crippen LogP contribution >= 0.6 is 15.9 Å². The van der Waals surface area contributed by atoms with Crippen molar-refractivity contribution in [2.45, 2.75) is 6.54 Å². The summed E-state index contributed by atoms with van der Waals surface area (Å²) in [6.07, 6.45) is 1.21. The number of carbonyl (C=O) groups excluding carboxylic acids is 1. The monoisotopic (exact) mass is 296 g/mol. The highest BCUT2D eigenvalue weighted by atomic mass is 79.9. The zero-order chi connectivity index (χ0) is 12.3. The standard InChI is InChI=1S/C10H9BrN4O2/c11-8-2-1-6(12)3-7(8)10(16)13-4-9-14-5-17-15-9/h1-3,5H,4,12H2,(H,13,16). The fourth-order valence-electron chi connectivity index (χ4n) is 1.24. The molecule has 1 aromatic heterocycles. The van der Waals surface area contributed by atoms with E-state index in [1.807, 2.05) is 0 Å². The van der Waals surface area contributed by atoms with Crippen LogP contribution in [0.2, 0.25) is 0 Å². The number of benzene rings is 1. The number of nitrogen functional groups attached to an aromatic ring is 1. The van der Waals surface area contributed by atoms with Gasteiger partial charge < -0.3 is 15.6 Å². The number of anilines is 1. The minimum atomic E-state index is -0.256. The Labute approximate surface area is 105 Å². The van der Waals surface area contributed by atoms with Crippen LogP contribution in [0.3, 0.4) is 0 Å². The van der Waals surface area contributed by atoms with Gasteiger partial charge in [-0.1, -0.05) is 5.16 Å². The molecule has 0 saturated carbocycles. The number of hydrogen-bond donors (Lipinski definition) is 2. The summed E-state index contributed by atoms with van der Waals surface area (Å²) in [4.78, 5) is 15.6. The molecular formula is C10H9BrN4O2. The minimum Gasteiger partial charge on any atom is -0.399 e. The Kier molecular flexibility index (Phi) is 3.38. The summed E-state index contributed by atoms with van der Waals surface area (Å²) in [7, 11) is 0. The van der Waals surface area contributed by atoms with E-state index in [2.05, 4.69) is 35.9 Å². The largest absolute Gasteiger partial charge is 0.399 e. The maximum Gasteiger partial charge on any atom is 0.252 e. The Morgan fingerprint density at radius 2 is 2.35 bits per heavy atom. The fraction of sp³-hybridized carbons (Fsp3) is 0.100. The van der Waals surface area contributed by atoms with Crippen LogP contribution in [0.5, 0.6) is 0 Å². The van der Waals surface area contributed by atoms with E-state index in [-0.39, 0.29) is 12.5 Å². The zero-order valence-electron chi connectivity index (χ0n) is 8.68. The fourth-order valence-corrected chi connectivity index (χ4v) is 1.67. The predicted molar refractivity (Wildman–Crippen MR) is 64.0 cm³/mol. The van der Waals surface area contributed by atoms with E-state index < -0.39 is 0 Å². The molecule has 0 spiro atoms. The molecule has 3 N–H and O–H groups in total. The van der Waals surface area contributed by atoms with E-state index in [0.717, 1.165) is 0 Å². The molecule has 2 rings (SSSR count). The molecule has 0 aliphatic heterocycles. The molecule has 0 fully saturated rings. The average molecular weight is 297 g/mol. The summed E-state index contributed by atoms with van der Waals surface area (Å²) in [5.74, 6) is 0.160. The van der Waals surface area contributed by atoms with Crippen molar-refractivity contribution in [1.82, 2.24) is 15.5 Å². The summed E-state index contributed by atoms with van der Waals surface area (Å²) in [5, 5.41) is 6.24. The van der Waals surface area contributed by atoms with E-state index in [9.17, 15) is 4.79 Å². The van der Waals surface area contributed by atoms with Gasteiger partial charge in [-0.3, -0.25) is 4.79 Å². The molecule has 2 aromatic rings. The Morgan fingerprint density at radius 3 is 3.06 bits per heavy atom. The molecule has 0 bridgehead atoms. The third-order valence-electron chi connectivity index (χ3n) is 2.05.